The van der Waals surface area contributed by atoms with Crippen molar-refractivity contribution >= 4 is 28.5 Å². The highest BCUT2D eigenvalue weighted by molar-refractivity contribution is 6.16. The molecule has 0 spiro atoms. The molecule has 1 saturated heterocycles. The maximum absolute atomic E-state index is 13.1. The van der Waals surface area contributed by atoms with E-state index in [0.29, 0.717) is 34.9 Å². The predicted octanol–water partition coefficient (Wildman–Crippen LogP) is 2.50. The molecule has 158 valence electrons. The molecule has 31 heavy (non-hydrogen) atoms. The SMILES string of the molecule is C=C(CN1CCNCC1)c1c(OC)ccc2c1OC(=Cc1n[nH]c3ncccc13)C2=O. The van der Waals surface area contributed by atoms with Gasteiger partial charge in [-0.1, -0.05) is 6.58 Å². The van der Waals surface area contributed by atoms with Crippen LogP contribution in [0.2, 0.25) is 0 Å². The van der Waals surface area contributed by atoms with Gasteiger partial charge in [0.2, 0.25) is 5.78 Å². The smallest absolute Gasteiger partial charge is 0.232 e. The Morgan fingerprint density at radius 2 is 2.16 bits per heavy atom. The zero-order valence-electron chi connectivity index (χ0n) is 17.3. The molecule has 0 atom stereocenters. The first-order chi connectivity index (χ1) is 15.2. The highest BCUT2D eigenvalue weighted by atomic mass is 16.5. The second-order valence-corrected chi connectivity index (χ2v) is 7.60. The molecule has 8 nitrogen and oxygen atoms in total. The second kappa shape index (κ2) is 7.98. The summed E-state index contributed by atoms with van der Waals surface area (Å²) in [6.45, 7) is 8.77. The Morgan fingerprint density at radius 1 is 1.32 bits per heavy atom. The number of aromatic nitrogens is 3. The number of aromatic amines is 1. The van der Waals surface area contributed by atoms with Crippen LogP contribution in [0.1, 0.15) is 21.6 Å². The molecule has 2 aliphatic rings. The number of piperazine rings is 1. The van der Waals surface area contributed by atoms with Crippen molar-refractivity contribution < 1.29 is 14.3 Å². The lowest BCUT2D eigenvalue weighted by Gasteiger charge is -2.28. The molecule has 1 fully saturated rings. The van der Waals surface area contributed by atoms with Gasteiger partial charge in [0, 0.05) is 50.4 Å². The van der Waals surface area contributed by atoms with E-state index in [9.17, 15) is 4.79 Å². The van der Waals surface area contributed by atoms with Crippen LogP contribution in [-0.4, -0.2) is 65.7 Å². The lowest BCUT2D eigenvalue weighted by Crippen LogP contribution is -2.43. The van der Waals surface area contributed by atoms with Crippen LogP contribution in [-0.2, 0) is 0 Å². The van der Waals surface area contributed by atoms with Gasteiger partial charge in [-0.2, -0.15) is 5.10 Å². The van der Waals surface area contributed by atoms with Crippen molar-refractivity contribution in [2.75, 3.05) is 39.8 Å². The number of fused-ring (bicyclic) bond motifs is 2. The topological polar surface area (TPSA) is 92.4 Å². The van der Waals surface area contributed by atoms with Crippen molar-refractivity contribution in [2.24, 2.45) is 0 Å². The van der Waals surface area contributed by atoms with Crippen LogP contribution in [0.25, 0.3) is 22.7 Å². The van der Waals surface area contributed by atoms with E-state index in [1.807, 2.05) is 12.1 Å². The number of hydrogen-bond donors (Lipinski definition) is 2. The number of carbonyl (C=O) groups is 1. The van der Waals surface area contributed by atoms with Gasteiger partial charge in [0.25, 0.3) is 0 Å². The van der Waals surface area contributed by atoms with E-state index in [0.717, 1.165) is 42.7 Å². The van der Waals surface area contributed by atoms with Crippen molar-refractivity contribution in [1.82, 2.24) is 25.4 Å². The Labute approximate surface area is 179 Å². The van der Waals surface area contributed by atoms with E-state index in [4.69, 9.17) is 9.47 Å². The number of hydrogen-bond acceptors (Lipinski definition) is 7. The number of benzene rings is 1. The van der Waals surface area contributed by atoms with Crippen molar-refractivity contribution in [3.05, 3.63) is 59.6 Å². The molecule has 0 saturated carbocycles. The summed E-state index contributed by atoms with van der Waals surface area (Å²) in [5.74, 6) is 1.17. The second-order valence-electron chi connectivity index (χ2n) is 7.60. The van der Waals surface area contributed by atoms with Crippen LogP contribution in [0.15, 0.2) is 42.8 Å². The van der Waals surface area contributed by atoms with Gasteiger partial charge in [-0.3, -0.25) is 14.8 Å². The number of carbonyl (C=O) groups excluding carboxylic acids is 1. The van der Waals surface area contributed by atoms with Crippen molar-refractivity contribution in [3.63, 3.8) is 0 Å². The summed E-state index contributed by atoms with van der Waals surface area (Å²) in [4.78, 5) is 19.7. The summed E-state index contributed by atoms with van der Waals surface area (Å²) >= 11 is 0. The Kier molecular flexibility index (Phi) is 5.01. The third kappa shape index (κ3) is 3.49. The lowest BCUT2D eigenvalue weighted by molar-refractivity contribution is 0.101. The molecule has 0 aliphatic carbocycles. The van der Waals surface area contributed by atoms with Crippen LogP contribution in [0.4, 0.5) is 0 Å². The Hall–Kier alpha value is -3.49. The van der Waals surface area contributed by atoms with Gasteiger partial charge < -0.3 is 14.8 Å². The summed E-state index contributed by atoms with van der Waals surface area (Å²) in [7, 11) is 1.61. The van der Waals surface area contributed by atoms with Crippen LogP contribution < -0.4 is 14.8 Å². The predicted molar refractivity (Wildman–Crippen MR) is 118 cm³/mol. The number of pyridine rings is 1. The summed E-state index contributed by atoms with van der Waals surface area (Å²) in [5.41, 5.74) is 3.36. The summed E-state index contributed by atoms with van der Waals surface area (Å²) in [5, 5.41) is 11.3. The maximum Gasteiger partial charge on any atom is 0.232 e. The summed E-state index contributed by atoms with van der Waals surface area (Å²) < 4.78 is 11.7. The molecule has 8 heteroatoms. The van der Waals surface area contributed by atoms with Gasteiger partial charge in [0.05, 0.1) is 23.9 Å². The Bertz CT molecular complexity index is 1210. The number of allylic oxidation sites excluding steroid dienone is 1. The minimum Gasteiger partial charge on any atom is -0.496 e. The third-order valence-electron chi connectivity index (χ3n) is 5.63. The number of Topliss-reactive ketones (excluding diaryl/α,β-unsaturated/α-hetero) is 1. The normalized spacial score (nSPS) is 17.7. The number of rotatable bonds is 5. The third-order valence-corrected chi connectivity index (χ3v) is 5.63. The fraction of sp³-hybridized carbons (Fsp3) is 0.261. The van der Waals surface area contributed by atoms with Gasteiger partial charge in [-0.05, 0) is 29.8 Å². The summed E-state index contributed by atoms with van der Waals surface area (Å²) in [6, 6.07) is 7.27. The summed E-state index contributed by atoms with van der Waals surface area (Å²) in [6.07, 6.45) is 3.34. The van der Waals surface area contributed by atoms with Crippen molar-refractivity contribution in [2.45, 2.75) is 0 Å². The zero-order valence-corrected chi connectivity index (χ0v) is 17.3. The van der Waals surface area contributed by atoms with Crippen LogP contribution in [0.3, 0.4) is 0 Å². The number of nitrogens with zero attached hydrogens (tertiary/aromatic N) is 3. The first-order valence-electron chi connectivity index (χ1n) is 10.2. The van der Waals surface area contributed by atoms with Gasteiger partial charge in [0.15, 0.2) is 11.4 Å². The van der Waals surface area contributed by atoms with Gasteiger partial charge in [-0.25, -0.2) is 4.98 Å². The quantitative estimate of drug-likeness (QED) is 0.616. The minimum absolute atomic E-state index is 0.186. The van der Waals surface area contributed by atoms with E-state index >= 15 is 0 Å². The largest absolute Gasteiger partial charge is 0.496 e. The number of H-pyrrole nitrogens is 1. The molecule has 2 aliphatic heterocycles. The van der Waals surface area contributed by atoms with Crippen LogP contribution in [0, 0.1) is 0 Å². The molecular formula is C23H23N5O3. The van der Waals surface area contributed by atoms with Crippen LogP contribution >= 0.6 is 0 Å². The molecule has 5 rings (SSSR count). The van der Waals surface area contributed by atoms with Crippen LogP contribution in [0.5, 0.6) is 11.5 Å². The van der Waals surface area contributed by atoms with E-state index in [1.54, 1.807) is 31.5 Å². The van der Waals surface area contributed by atoms with Gasteiger partial charge in [-0.15, -0.1) is 0 Å². The molecule has 2 aromatic heterocycles. The molecule has 0 amide bonds. The number of ether oxygens (including phenoxy) is 2. The molecule has 1 aromatic carbocycles. The van der Waals surface area contributed by atoms with Crippen molar-refractivity contribution in [1.29, 1.82) is 0 Å². The van der Waals surface area contributed by atoms with E-state index < -0.39 is 0 Å². The molecular weight excluding hydrogens is 394 g/mol. The highest BCUT2D eigenvalue weighted by Crippen LogP contribution is 2.43. The zero-order chi connectivity index (χ0) is 21.4. The maximum atomic E-state index is 13.1. The van der Waals surface area contributed by atoms with Gasteiger partial charge in [0.1, 0.15) is 11.5 Å². The van der Waals surface area contributed by atoms with E-state index in [1.165, 1.54) is 0 Å². The standard InChI is InChI=1S/C23H23N5O3/c1-14(13-28-10-8-24-9-11-28)20-18(30-2)6-5-16-21(29)19(31-22(16)20)12-17-15-4-3-7-25-23(15)27-26-17/h3-7,12,24H,1,8-11,13H2,2H3,(H,25,26,27). The minimum atomic E-state index is -0.186. The number of ketones is 1. The van der Waals surface area contributed by atoms with E-state index in [2.05, 4.69) is 32.0 Å². The average molecular weight is 417 g/mol. The first-order valence-corrected chi connectivity index (χ1v) is 10.2. The molecule has 4 heterocycles. The van der Waals surface area contributed by atoms with Gasteiger partial charge >= 0.3 is 0 Å². The fourth-order valence-electron chi connectivity index (χ4n) is 4.07. The van der Waals surface area contributed by atoms with E-state index in [-0.39, 0.29) is 11.5 Å². The first kappa shape index (κ1) is 19.5. The molecule has 2 N–H and O–H groups in total. The monoisotopic (exact) mass is 417 g/mol. The molecule has 0 unspecified atom stereocenters. The number of methoxy groups -OCH3 is 1. The number of nitrogens with one attached hydrogen (secondary N) is 2. The molecule has 0 radical (unpaired) electrons. The fourth-order valence-corrected chi connectivity index (χ4v) is 4.07. The molecule has 0 bridgehead atoms. The Balaban J connectivity index is 1.50. The lowest BCUT2D eigenvalue weighted by atomic mass is 9.99. The highest BCUT2D eigenvalue weighted by Gasteiger charge is 2.33. The van der Waals surface area contributed by atoms with Crippen molar-refractivity contribution in [3.8, 4) is 11.5 Å². The average Bonchev–Trinajstić information content (AvgIpc) is 3.35. The molecule has 3 aromatic rings. The Morgan fingerprint density at radius 3 is 2.97 bits per heavy atom.